The number of furan rings is 1. The first-order chi connectivity index (χ1) is 24.0. The second-order valence-corrected chi connectivity index (χ2v) is 13.8. The van der Waals surface area contributed by atoms with Gasteiger partial charge in [0.2, 0.25) is 0 Å². The van der Waals surface area contributed by atoms with Gasteiger partial charge in [-0.2, -0.15) is 0 Å². The highest BCUT2D eigenvalue weighted by Gasteiger charge is 2.35. The summed E-state index contributed by atoms with van der Waals surface area (Å²) in [5.74, 6) is 0. The lowest BCUT2D eigenvalue weighted by Gasteiger charge is -2.28. The van der Waals surface area contributed by atoms with Crippen LogP contribution < -0.4 is 4.90 Å². The topological polar surface area (TPSA) is 16.4 Å². The van der Waals surface area contributed by atoms with E-state index in [2.05, 4.69) is 183 Å². The molecule has 2 heteroatoms. The van der Waals surface area contributed by atoms with E-state index in [1.165, 1.54) is 54.9 Å². The van der Waals surface area contributed by atoms with Gasteiger partial charge in [0.1, 0.15) is 11.2 Å². The fourth-order valence-corrected chi connectivity index (χ4v) is 8.15. The Morgan fingerprint density at radius 3 is 2.02 bits per heavy atom. The highest BCUT2D eigenvalue weighted by Crippen LogP contribution is 2.51. The average molecular weight is 628 g/mol. The van der Waals surface area contributed by atoms with Crippen molar-refractivity contribution in [2.45, 2.75) is 19.3 Å². The lowest BCUT2D eigenvalue weighted by molar-refractivity contribution is 0.660. The fraction of sp³-hybridized carbons (Fsp3) is 0.0638. The summed E-state index contributed by atoms with van der Waals surface area (Å²) in [6.45, 7) is 4.70. The van der Waals surface area contributed by atoms with Crippen LogP contribution in [0.4, 0.5) is 17.1 Å². The summed E-state index contributed by atoms with van der Waals surface area (Å²) >= 11 is 0. The molecule has 0 amide bonds. The van der Waals surface area contributed by atoms with Crippen LogP contribution in [0.15, 0.2) is 168 Å². The van der Waals surface area contributed by atoms with Crippen LogP contribution in [-0.4, -0.2) is 0 Å². The first-order valence-corrected chi connectivity index (χ1v) is 17.0. The molecule has 1 aliphatic carbocycles. The summed E-state index contributed by atoms with van der Waals surface area (Å²) in [4.78, 5) is 2.41. The molecule has 232 valence electrons. The van der Waals surface area contributed by atoms with Gasteiger partial charge in [0.15, 0.2) is 0 Å². The van der Waals surface area contributed by atoms with Gasteiger partial charge in [0, 0.05) is 33.2 Å². The molecule has 1 aromatic heterocycles. The molecule has 0 radical (unpaired) electrons. The predicted molar refractivity (Wildman–Crippen MR) is 206 cm³/mol. The molecule has 0 aliphatic heterocycles. The Balaban J connectivity index is 1.20. The lowest BCUT2D eigenvalue weighted by Crippen LogP contribution is -2.16. The van der Waals surface area contributed by atoms with Gasteiger partial charge in [0.25, 0.3) is 0 Å². The van der Waals surface area contributed by atoms with Crippen molar-refractivity contribution < 1.29 is 4.42 Å². The minimum Gasteiger partial charge on any atom is -0.456 e. The molecular formula is C47H33NO. The number of benzene rings is 8. The number of nitrogens with zero attached hydrogens (tertiary/aromatic N) is 1. The highest BCUT2D eigenvalue weighted by atomic mass is 16.3. The van der Waals surface area contributed by atoms with Crippen LogP contribution in [0.3, 0.4) is 0 Å². The maximum absolute atomic E-state index is 6.42. The summed E-state index contributed by atoms with van der Waals surface area (Å²) < 4.78 is 6.42. The van der Waals surface area contributed by atoms with Gasteiger partial charge in [0.05, 0.1) is 0 Å². The van der Waals surface area contributed by atoms with E-state index in [-0.39, 0.29) is 5.41 Å². The molecule has 8 aromatic carbocycles. The van der Waals surface area contributed by atoms with Crippen LogP contribution in [0.2, 0.25) is 0 Å². The molecule has 0 saturated carbocycles. The molecule has 0 unspecified atom stereocenters. The van der Waals surface area contributed by atoms with Crippen LogP contribution >= 0.6 is 0 Å². The quantitative estimate of drug-likeness (QED) is 0.193. The highest BCUT2D eigenvalue weighted by molar-refractivity contribution is 6.19. The zero-order chi connectivity index (χ0) is 32.7. The monoisotopic (exact) mass is 627 g/mol. The van der Waals surface area contributed by atoms with Gasteiger partial charge in [-0.1, -0.05) is 123 Å². The van der Waals surface area contributed by atoms with Crippen molar-refractivity contribution in [3.05, 3.63) is 175 Å². The normalized spacial score (nSPS) is 13.3. The molecule has 0 saturated heterocycles. The average Bonchev–Trinajstić information content (AvgIpc) is 3.63. The van der Waals surface area contributed by atoms with Crippen LogP contribution in [0, 0.1) is 0 Å². The van der Waals surface area contributed by atoms with Crippen LogP contribution in [0.25, 0.3) is 65.7 Å². The minimum atomic E-state index is -0.107. The molecular weight excluding hydrogens is 595 g/mol. The van der Waals surface area contributed by atoms with Gasteiger partial charge in [-0.05, 0) is 110 Å². The minimum absolute atomic E-state index is 0.107. The lowest BCUT2D eigenvalue weighted by atomic mass is 9.82. The first kappa shape index (κ1) is 27.9. The first-order valence-electron chi connectivity index (χ1n) is 17.0. The molecule has 10 rings (SSSR count). The van der Waals surface area contributed by atoms with E-state index in [9.17, 15) is 0 Å². The van der Waals surface area contributed by atoms with E-state index >= 15 is 0 Å². The predicted octanol–water partition coefficient (Wildman–Crippen LogP) is 13.3. The third kappa shape index (κ3) is 4.27. The second kappa shape index (κ2) is 10.4. The van der Waals surface area contributed by atoms with Gasteiger partial charge in [-0.25, -0.2) is 0 Å². The van der Waals surface area contributed by atoms with Crippen molar-refractivity contribution in [1.82, 2.24) is 0 Å². The zero-order valence-corrected chi connectivity index (χ0v) is 27.4. The number of hydrogen-bond acceptors (Lipinski definition) is 2. The van der Waals surface area contributed by atoms with E-state index in [1.54, 1.807) is 0 Å². The summed E-state index contributed by atoms with van der Waals surface area (Å²) in [5, 5.41) is 7.19. The van der Waals surface area contributed by atoms with Crippen molar-refractivity contribution in [2.75, 3.05) is 4.90 Å². The summed E-state index contributed by atoms with van der Waals surface area (Å²) in [6.07, 6.45) is 0. The van der Waals surface area contributed by atoms with Crippen molar-refractivity contribution in [3.63, 3.8) is 0 Å². The summed E-state index contributed by atoms with van der Waals surface area (Å²) in [6, 6.07) is 59.6. The molecule has 0 fully saturated rings. The third-order valence-electron chi connectivity index (χ3n) is 10.6. The number of hydrogen-bond donors (Lipinski definition) is 0. The summed E-state index contributed by atoms with van der Waals surface area (Å²) in [7, 11) is 0. The molecule has 9 aromatic rings. The van der Waals surface area contributed by atoms with Crippen molar-refractivity contribution in [1.29, 1.82) is 0 Å². The smallest absolute Gasteiger partial charge is 0.136 e. The van der Waals surface area contributed by atoms with Crippen molar-refractivity contribution in [3.8, 4) is 22.3 Å². The van der Waals surface area contributed by atoms with Crippen molar-refractivity contribution in [2.24, 2.45) is 0 Å². The largest absolute Gasteiger partial charge is 0.456 e. The van der Waals surface area contributed by atoms with E-state index in [1.807, 2.05) is 0 Å². The van der Waals surface area contributed by atoms with Gasteiger partial charge < -0.3 is 9.32 Å². The molecule has 0 atom stereocenters. The Morgan fingerprint density at radius 2 is 1.10 bits per heavy atom. The Labute approximate surface area is 285 Å². The standard InChI is InChI=1S/C47H33NO/c1-47(2)42-17-8-7-16-39(42)40-23-21-37(29-43(40)47)48(35-14-9-13-33(27-35)34-19-18-30-10-3-4-12-32(30)26-34)36-22-25-44-41(28-36)46-38-15-6-5-11-31(38)20-24-45(46)49-44/h3-29H,1-2H3. The van der Waals surface area contributed by atoms with E-state index < -0.39 is 0 Å². The Bertz CT molecular complexity index is 2770. The number of rotatable bonds is 4. The molecule has 2 nitrogen and oxygen atoms in total. The van der Waals surface area contributed by atoms with E-state index in [0.717, 1.165) is 39.0 Å². The van der Waals surface area contributed by atoms with Gasteiger partial charge in [-0.3, -0.25) is 0 Å². The van der Waals surface area contributed by atoms with Crippen LogP contribution in [0.5, 0.6) is 0 Å². The van der Waals surface area contributed by atoms with E-state index in [4.69, 9.17) is 4.42 Å². The molecule has 0 spiro atoms. The van der Waals surface area contributed by atoms with Crippen LogP contribution in [0.1, 0.15) is 25.0 Å². The van der Waals surface area contributed by atoms with Crippen LogP contribution in [-0.2, 0) is 5.41 Å². The molecule has 0 N–H and O–H groups in total. The fourth-order valence-electron chi connectivity index (χ4n) is 8.15. The molecule has 1 heterocycles. The maximum Gasteiger partial charge on any atom is 0.136 e. The van der Waals surface area contributed by atoms with Gasteiger partial charge in [-0.15, -0.1) is 0 Å². The van der Waals surface area contributed by atoms with E-state index in [0.29, 0.717) is 0 Å². The number of fused-ring (bicyclic) bond motifs is 9. The zero-order valence-electron chi connectivity index (χ0n) is 27.4. The molecule has 1 aliphatic rings. The maximum atomic E-state index is 6.42. The number of anilines is 3. The third-order valence-corrected chi connectivity index (χ3v) is 10.6. The Kier molecular flexibility index (Phi) is 5.95. The van der Waals surface area contributed by atoms with Crippen molar-refractivity contribution >= 4 is 60.5 Å². The summed E-state index contributed by atoms with van der Waals surface area (Å²) in [5.41, 5.74) is 12.8. The SMILES string of the molecule is CC1(C)c2ccccc2-c2ccc(N(c3cccc(-c4ccc5ccccc5c4)c3)c3ccc4oc5ccc6ccccc6c5c4c3)cc21. The Morgan fingerprint density at radius 1 is 0.429 bits per heavy atom. The molecule has 49 heavy (non-hydrogen) atoms. The Hall–Kier alpha value is -6.12. The molecule has 0 bridgehead atoms. The second-order valence-electron chi connectivity index (χ2n) is 13.8. The van der Waals surface area contributed by atoms with Gasteiger partial charge >= 0.3 is 0 Å².